The molecule has 0 aliphatic carbocycles. The van der Waals surface area contributed by atoms with Crippen molar-refractivity contribution in [2.24, 2.45) is 0 Å². The van der Waals surface area contributed by atoms with Gasteiger partial charge in [-0.25, -0.2) is 0 Å². The molecule has 0 unspecified atom stereocenters. The summed E-state index contributed by atoms with van der Waals surface area (Å²) in [6, 6.07) is 30.4. The predicted octanol–water partition coefficient (Wildman–Crippen LogP) is -0.408. The van der Waals surface area contributed by atoms with E-state index in [4.69, 9.17) is 0 Å². The molecule has 0 atom stereocenters. The molecule has 0 fully saturated rings. The minimum absolute atomic E-state index is 0. The van der Waals surface area contributed by atoms with E-state index in [1.807, 2.05) is 0 Å². The second-order valence-corrected chi connectivity index (χ2v) is 5.45. The second-order valence-electron chi connectivity index (χ2n) is 5.45. The van der Waals surface area contributed by atoms with Gasteiger partial charge in [0.25, 0.3) is 0 Å². The molecule has 0 saturated carbocycles. The molecule has 0 aromatic heterocycles. The van der Waals surface area contributed by atoms with E-state index in [1.165, 1.54) is 32.7 Å². The van der Waals surface area contributed by atoms with E-state index in [-0.39, 0.29) is 59.1 Å². The van der Waals surface area contributed by atoms with Crippen LogP contribution in [0.1, 0.15) is 11.1 Å². The van der Waals surface area contributed by atoms with Crippen molar-refractivity contribution in [2.45, 2.75) is 6.42 Å². The monoisotopic (exact) mass is 314 g/mol. The Morgan fingerprint density at radius 3 is 1.30 bits per heavy atom. The molecule has 0 nitrogen and oxygen atoms in total. The van der Waals surface area contributed by atoms with Crippen molar-refractivity contribution < 1.29 is 59.1 Å². The first-order valence-corrected chi connectivity index (χ1v) is 7.35. The molecule has 4 aromatic carbocycles. The number of fused-ring (bicyclic) bond motifs is 2. The molecule has 100 valence electrons. The third kappa shape index (κ3) is 3.91. The molecule has 0 radical (unpaired) electrons. The van der Waals surface area contributed by atoms with Crippen LogP contribution in [0.2, 0.25) is 0 Å². The minimum atomic E-state index is 0. The van der Waals surface area contributed by atoms with Crippen LogP contribution < -0.4 is 59.1 Å². The van der Waals surface area contributed by atoms with Gasteiger partial charge in [0, 0.05) is 0 Å². The molecular weight excluding hydrogens is 298 g/mol. The van der Waals surface area contributed by atoms with Gasteiger partial charge in [0.05, 0.1) is 0 Å². The summed E-state index contributed by atoms with van der Waals surface area (Å²) in [6.07, 6.45) is 0.975. The van der Waals surface area contributed by atoms with Crippen molar-refractivity contribution in [1.29, 1.82) is 0 Å². The summed E-state index contributed by atoms with van der Waals surface area (Å²) in [7, 11) is 0. The quantitative estimate of drug-likeness (QED) is 0.442. The summed E-state index contributed by atoms with van der Waals surface area (Å²) in [5.74, 6) is 0. The van der Waals surface area contributed by atoms with Gasteiger partial charge >= 0.3 is 59.1 Å². The first-order valence-electron chi connectivity index (χ1n) is 7.35. The summed E-state index contributed by atoms with van der Waals surface area (Å²) < 4.78 is 0. The van der Waals surface area contributed by atoms with Gasteiger partial charge in [-0.15, -0.1) is 0 Å². The van der Waals surface area contributed by atoms with Gasteiger partial charge in [-0.2, -0.15) is 0 Å². The normalized spacial score (nSPS) is 10.1. The maximum Gasteiger partial charge on any atom is 1.00 e. The fourth-order valence-electron chi connectivity index (χ4n) is 3.10. The molecule has 0 amide bonds. The van der Waals surface area contributed by atoms with Gasteiger partial charge in [-0.05, 0) is 39.1 Å². The summed E-state index contributed by atoms with van der Waals surface area (Å²) in [4.78, 5) is 0. The topological polar surface area (TPSA) is 0 Å². The summed E-state index contributed by atoms with van der Waals surface area (Å²) >= 11 is 0. The molecule has 0 heterocycles. The Labute approximate surface area is 181 Å². The average molecular weight is 314 g/mol. The van der Waals surface area contributed by atoms with E-state index in [2.05, 4.69) is 84.9 Å². The molecule has 23 heavy (non-hydrogen) atoms. The molecule has 4 rings (SSSR count). The van der Waals surface area contributed by atoms with Crippen molar-refractivity contribution in [3.63, 3.8) is 0 Å². The Morgan fingerprint density at radius 2 is 0.826 bits per heavy atom. The van der Waals surface area contributed by atoms with E-state index in [0.29, 0.717) is 0 Å². The minimum Gasteiger partial charge on any atom is -0.0616 e. The first kappa shape index (κ1) is 18.7. The van der Waals surface area contributed by atoms with Gasteiger partial charge in [0.15, 0.2) is 0 Å². The number of hydrogen-bond donors (Lipinski definition) is 0. The fraction of sp³-hybridized carbons (Fsp3) is 0.0476. The summed E-state index contributed by atoms with van der Waals surface area (Å²) in [5, 5.41) is 5.34. The van der Waals surface area contributed by atoms with Crippen LogP contribution in [-0.2, 0) is 6.42 Å². The largest absolute Gasteiger partial charge is 1.00 e. The molecule has 0 saturated heterocycles. The van der Waals surface area contributed by atoms with Crippen LogP contribution in [0.5, 0.6) is 0 Å². The Kier molecular flexibility index (Phi) is 6.91. The summed E-state index contributed by atoms with van der Waals surface area (Å²) in [6.45, 7) is 0. The Morgan fingerprint density at radius 1 is 0.435 bits per heavy atom. The maximum absolute atomic E-state index is 2.24. The van der Waals surface area contributed by atoms with Crippen LogP contribution in [0.15, 0.2) is 84.9 Å². The SMILES string of the molecule is [Na+].[Na+].c1ccc2c(Cc3cccc4ccccc34)cccc2c1. The van der Waals surface area contributed by atoms with E-state index in [0.717, 1.165) is 6.42 Å². The predicted molar refractivity (Wildman–Crippen MR) is 90.7 cm³/mol. The number of benzene rings is 4. The molecular formula is C21H16Na2+2. The van der Waals surface area contributed by atoms with E-state index in [1.54, 1.807) is 0 Å². The average Bonchev–Trinajstić information content (AvgIpc) is 2.56. The third-order valence-corrected chi connectivity index (χ3v) is 4.14. The zero-order valence-corrected chi connectivity index (χ0v) is 17.8. The maximum atomic E-state index is 2.24. The van der Waals surface area contributed by atoms with Gasteiger partial charge < -0.3 is 0 Å². The van der Waals surface area contributed by atoms with Crippen molar-refractivity contribution in [1.82, 2.24) is 0 Å². The van der Waals surface area contributed by atoms with Gasteiger partial charge in [0.1, 0.15) is 0 Å². The molecule has 0 N–H and O–H groups in total. The molecule has 0 aliphatic rings. The third-order valence-electron chi connectivity index (χ3n) is 4.14. The summed E-state index contributed by atoms with van der Waals surface area (Å²) in [5.41, 5.74) is 2.79. The van der Waals surface area contributed by atoms with Crippen LogP contribution in [0.3, 0.4) is 0 Å². The van der Waals surface area contributed by atoms with Crippen LogP contribution in [0, 0.1) is 0 Å². The second kappa shape index (κ2) is 8.48. The smallest absolute Gasteiger partial charge is 0.0616 e. The molecule has 2 heteroatoms. The molecule has 0 bridgehead atoms. The van der Waals surface area contributed by atoms with E-state index < -0.39 is 0 Å². The van der Waals surface area contributed by atoms with Crippen molar-refractivity contribution in [3.8, 4) is 0 Å². The van der Waals surface area contributed by atoms with E-state index >= 15 is 0 Å². The van der Waals surface area contributed by atoms with E-state index in [9.17, 15) is 0 Å². The first-order chi connectivity index (χ1) is 10.4. The van der Waals surface area contributed by atoms with Crippen molar-refractivity contribution in [3.05, 3.63) is 96.1 Å². The van der Waals surface area contributed by atoms with Gasteiger partial charge in [-0.1, -0.05) is 84.9 Å². The van der Waals surface area contributed by atoms with Gasteiger partial charge in [0.2, 0.25) is 0 Å². The Bertz CT molecular complexity index is 841. The van der Waals surface area contributed by atoms with Crippen LogP contribution in [0.4, 0.5) is 0 Å². The number of rotatable bonds is 2. The van der Waals surface area contributed by atoms with Crippen molar-refractivity contribution >= 4 is 21.5 Å². The Hall–Kier alpha value is -0.600. The fourth-order valence-corrected chi connectivity index (χ4v) is 3.10. The molecule has 0 spiro atoms. The zero-order chi connectivity index (χ0) is 14.1. The van der Waals surface area contributed by atoms with Crippen LogP contribution in [0.25, 0.3) is 21.5 Å². The van der Waals surface area contributed by atoms with Gasteiger partial charge in [-0.3, -0.25) is 0 Å². The molecule has 4 aromatic rings. The molecule has 0 aliphatic heterocycles. The van der Waals surface area contributed by atoms with Crippen LogP contribution in [-0.4, -0.2) is 0 Å². The number of hydrogen-bond acceptors (Lipinski definition) is 0. The van der Waals surface area contributed by atoms with Crippen LogP contribution >= 0.6 is 0 Å². The Balaban J connectivity index is 0.000000960. The van der Waals surface area contributed by atoms with Crippen molar-refractivity contribution in [2.75, 3.05) is 0 Å². The standard InChI is InChI=1S/C21H16.2Na/c1-3-13-20-16(7-1)9-5-11-18(20)15-19-12-6-10-17-8-2-4-14-21(17)19;;/h1-14H,15H2;;/q;2*+1. The zero-order valence-electron chi connectivity index (χ0n) is 13.8.